The molecule has 1 aromatic carbocycles. The van der Waals surface area contributed by atoms with E-state index >= 15 is 0 Å². The first-order chi connectivity index (χ1) is 8.90. The SMILES string of the molecule is COCCNCC=Cc1ccc2ccccc2n1. The normalized spacial score (nSPS) is 11.4. The summed E-state index contributed by atoms with van der Waals surface area (Å²) in [4.78, 5) is 4.57. The zero-order valence-corrected chi connectivity index (χ0v) is 10.6. The second-order valence-electron chi connectivity index (χ2n) is 4.03. The van der Waals surface area contributed by atoms with E-state index in [9.17, 15) is 0 Å². The minimum atomic E-state index is 0.738. The van der Waals surface area contributed by atoms with Crippen molar-refractivity contribution in [1.82, 2.24) is 10.3 Å². The van der Waals surface area contributed by atoms with Crippen LogP contribution in [0.4, 0.5) is 0 Å². The van der Waals surface area contributed by atoms with Gasteiger partial charge in [-0.3, -0.25) is 0 Å². The highest BCUT2D eigenvalue weighted by Crippen LogP contribution is 2.12. The average Bonchev–Trinajstić information content (AvgIpc) is 2.42. The van der Waals surface area contributed by atoms with E-state index in [0.717, 1.165) is 30.9 Å². The molecule has 0 aliphatic carbocycles. The predicted octanol–water partition coefficient (Wildman–Crippen LogP) is 2.48. The molecule has 2 aromatic rings. The lowest BCUT2D eigenvalue weighted by molar-refractivity contribution is 0.200. The fourth-order valence-electron chi connectivity index (χ4n) is 1.71. The minimum Gasteiger partial charge on any atom is -0.383 e. The molecule has 0 aliphatic rings. The summed E-state index contributed by atoms with van der Waals surface area (Å²) >= 11 is 0. The molecule has 94 valence electrons. The standard InChI is InChI=1S/C15H18N2O/c1-18-12-11-16-10-4-6-14-9-8-13-5-2-3-7-15(13)17-14/h2-9,16H,10-12H2,1H3. The minimum absolute atomic E-state index is 0.738. The fourth-order valence-corrected chi connectivity index (χ4v) is 1.71. The second kappa shape index (κ2) is 6.89. The van der Waals surface area contributed by atoms with Gasteiger partial charge < -0.3 is 10.1 Å². The molecule has 0 radical (unpaired) electrons. The number of hydrogen-bond donors (Lipinski definition) is 1. The number of para-hydroxylation sites is 1. The van der Waals surface area contributed by atoms with E-state index in [1.54, 1.807) is 7.11 Å². The van der Waals surface area contributed by atoms with Gasteiger partial charge in [-0.05, 0) is 18.2 Å². The highest BCUT2D eigenvalue weighted by Gasteiger charge is 1.93. The lowest BCUT2D eigenvalue weighted by atomic mass is 10.2. The molecule has 2 rings (SSSR count). The number of rotatable bonds is 6. The molecule has 3 heteroatoms. The maximum Gasteiger partial charge on any atom is 0.0709 e. The van der Waals surface area contributed by atoms with Crippen LogP contribution >= 0.6 is 0 Å². The Morgan fingerprint density at radius 3 is 3.00 bits per heavy atom. The molecule has 18 heavy (non-hydrogen) atoms. The maximum absolute atomic E-state index is 4.96. The van der Waals surface area contributed by atoms with Gasteiger partial charge in [-0.25, -0.2) is 4.98 Å². The summed E-state index contributed by atoms with van der Waals surface area (Å²) in [6, 6.07) is 12.3. The second-order valence-corrected chi connectivity index (χ2v) is 4.03. The molecule has 1 heterocycles. The molecule has 0 atom stereocenters. The Hall–Kier alpha value is -1.71. The number of methoxy groups -OCH3 is 1. The molecule has 0 unspecified atom stereocenters. The summed E-state index contributed by atoms with van der Waals surface area (Å²) in [5.41, 5.74) is 2.02. The number of nitrogens with one attached hydrogen (secondary N) is 1. The van der Waals surface area contributed by atoms with Gasteiger partial charge in [0.2, 0.25) is 0 Å². The third kappa shape index (κ3) is 3.65. The molecule has 1 N–H and O–H groups in total. The van der Waals surface area contributed by atoms with Crippen LogP contribution in [-0.4, -0.2) is 31.8 Å². The Kier molecular flexibility index (Phi) is 4.88. The van der Waals surface area contributed by atoms with E-state index in [2.05, 4.69) is 28.5 Å². The summed E-state index contributed by atoms with van der Waals surface area (Å²) in [7, 11) is 1.70. The first-order valence-electron chi connectivity index (χ1n) is 6.12. The Morgan fingerprint density at radius 1 is 1.22 bits per heavy atom. The molecule has 0 bridgehead atoms. The van der Waals surface area contributed by atoms with E-state index in [4.69, 9.17) is 4.74 Å². The number of benzene rings is 1. The van der Waals surface area contributed by atoms with Crippen LogP contribution in [0.2, 0.25) is 0 Å². The topological polar surface area (TPSA) is 34.1 Å². The number of hydrogen-bond acceptors (Lipinski definition) is 3. The van der Waals surface area contributed by atoms with Crippen LogP contribution in [0.25, 0.3) is 17.0 Å². The average molecular weight is 242 g/mol. The monoisotopic (exact) mass is 242 g/mol. The van der Waals surface area contributed by atoms with Crippen molar-refractivity contribution in [1.29, 1.82) is 0 Å². The molecule has 0 spiro atoms. The molecule has 0 aliphatic heterocycles. The summed E-state index contributed by atoms with van der Waals surface area (Å²) < 4.78 is 4.96. The van der Waals surface area contributed by atoms with Crippen molar-refractivity contribution in [3.05, 3.63) is 48.2 Å². The van der Waals surface area contributed by atoms with Crippen LogP contribution in [-0.2, 0) is 4.74 Å². The van der Waals surface area contributed by atoms with Gasteiger partial charge in [-0.15, -0.1) is 0 Å². The lowest BCUT2D eigenvalue weighted by Gasteiger charge is -2.00. The van der Waals surface area contributed by atoms with Crippen LogP contribution in [0.1, 0.15) is 5.69 Å². The number of pyridine rings is 1. The van der Waals surface area contributed by atoms with E-state index < -0.39 is 0 Å². The van der Waals surface area contributed by atoms with Crippen molar-refractivity contribution in [3.8, 4) is 0 Å². The molecule has 0 saturated heterocycles. The summed E-state index contributed by atoms with van der Waals surface area (Å²) in [5, 5.41) is 4.43. The number of fused-ring (bicyclic) bond motifs is 1. The highest BCUT2D eigenvalue weighted by molar-refractivity contribution is 5.79. The number of aromatic nitrogens is 1. The van der Waals surface area contributed by atoms with Gasteiger partial charge in [0, 0.05) is 25.6 Å². The Balaban J connectivity index is 1.93. The largest absolute Gasteiger partial charge is 0.383 e. The summed E-state index contributed by atoms with van der Waals surface area (Å²) in [6.07, 6.45) is 4.11. The Bertz CT molecular complexity index is 523. The Morgan fingerprint density at radius 2 is 2.11 bits per heavy atom. The van der Waals surface area contributed by atoms with Gasteiger partial charge >= 0.3 is 0 Å². The van der Waals surface area contributed by atoms with Crippen molar-refractivity contribution in [2.45, 2.75) is 0 Å². The zero-order valence-electron chi connectivity index (χ0n) is 10.6. The van der Waals surface area contributed by atoms with E-state index in [1.165, 1.54) is 5.39 Å². The molecule has 0 amide bonds. The number of nitrogens with zero attached hydrogens (tertiary/aromatic N) is 1. The van der Waals surface area contributed by atoms with E-state index in [1.807, 2.05) is 30.3 Å². The molecular formula is C15H18N2O. The highest BCUT2D eigenvalue weighted by atomic mass is 16.5. The van der Waals surface area contributed by atoms with Crippen molar-refractivity contribution >= 4 is 17.0 Å². The number of ether oxygens (including phenoxy) is 1. The van der Waals surface area contributed by atoms with Gasteiger partial charge in [0.05, 0.1) is 17.8 Å². The van der Waals surface area contributed by atoms with Gasteiger partial charge in [-0.2, -0.15) is 0 Å². The van der Waals surface area contributed by atoms with Gasteiger partial charge in [0.1, 0.15) is 0 Å². The first-order valence-corrected chi connectivity index (χ1v) is 6.12. The molecule has 1 aromatic heterocycles. The molecule has 0 saturated carbocycles. The summed E-state index contributed by atoms with van der Waals surface area (Å²) in [6.45, 7) is 2.44. The molecule has 0 fully saturated rings. The molecular weight excluding hydrogens is 224 g/mol. The fraction of sp³-hybridized carbons (Fsp3) is 0.267. The van der Waals surface area contributed by atoms with Gasteiger partial charge in [0.15, 0.2) is 0 Å². The Labute approximate surface area is 107 Å². The summed E-state index contributed by atoms with van der Waals surface area (Å²) in [5.74, 6) is 0. The van der Waals surface area contributed by atoms with Gasteiger partial charge in [-0.1, -0.05) is 30.3 Å². The van der Waals surface area contributed by atoms with Crippen LogP contribution in [0.15, 0.2) is 42.5 Å². The molecule has 3 nitrogen and oxygen atoms in total. The predicted molar refractivity (Wildman–Crippen MR) is 75.5 cm³/mol. The van der Waals surface area contributed by atoms with Gasteiger partial charge in [0.25, 0.3) is 0 Å². The van der Waals surface area contributed by atoms with Crippen molar-refractivity contribution in [2.75, 3.05) is 26.8 Å². The van der Waals surface area contributed by atoms with Crippen LogP contribution in [0.5, 0.6) is 0 Å². The first kappa shape index (κ1) is 12.7. The quantitative estimate of drug-likeness (QED) is 0.790. The van der Waals surface area contributed by atoms with Crippen LogP contribution in [0.3, 0.4) is 0 Å². The van der Waals surface area contributed by atoms with Crippen molar-refractivity contribution in [2.24, 2.45) is 0 Å². The zero-order chi connectivity index (χ0) is 12.6. The lowest BCUT2D eigenvalue weighted by Crippen LogP contribution is -2.18. The van der Waals surface area contributed by atoms with E-state index in [-0.39, 0.29) is 0 Å². The van der Waals surface area contributed by atoms with Crippen LogP contribution in [0, 0.1) is 0 Å². The third-order valence-electron chi connectivity index (χ3n) is 2.65. The van der Waals surface area contributed by atoms with Crippen LogP contribution < -0.4 is 5.32 Å². The van der Waals surface area contributed by atoms with E-state index in [0.29, 0.717) is 0 Å². The van der Waals surface area contributed by atoms with Crippen molar-refractivity contribution in [3.63, 3.8) is 0 Å². The maximum atomic E-state index is 4.96. The van der Waals surface area contributed by atoms with Crippen molar-refractivity contribution < 1.29 is 4.74 Å². The third-order valence-corrected chi connectivity index (χ3v) is 2.65. The smallest absolute Gasteiger partial charge is 0.0709 e.